The number of amides is 1. The first kappa shape index (κ1) is 23.2. The molecule has 0 radical (unpaired) electrons. The van der Waals surface area contributed by atoms with Gasteiger partial charge < -0.3 is 15.4 Å². The third-order valence-corrected chi connectivity index (χ3v) is 7.74. The largest absolute Gasteiger partial charge is 0.491 e. The molecule has 1 amide bonds. The molecule has 2 heterocycles. The van der Waals surface area contributed by atoms with E-state index >= 15 is 0 Å². The van der Waals surface area contributed by atoms with Crippen molar-refractivity contribution in [1.29, 1.82) is 0 Å². The van der Waals surface area contributed by atoms with Crippen molar-refractivity contribution in [1.82, 2.24) is 9.88 Å². The summed E-state index contributed by atoms with van der Waals surface area (Å²) >= 11 is 1.39. The monoisotopic (exact) mass is 489 g/mol. The summed E-state index contributed by atoms with van der Waals surface area (Å²) in [6.07, 6.45) is 1.14. The molecule has 0 fully saturated rings. The van der Waals surface area contributed by atoms with Crippen LogP contribution >= 0.6 is 11.3 Å². The number of carbonyl (C=O) groups is 1. The Morgan fingerprint density at radius 2 is 2.06 bits per heavy atom. The number of benzene rings is 2. The quantitative estimate of drug-likeness (QED) is 0.597. The Morgan fingerprint density at radius 3 is 2.70 bits per heavy atom. The van der Waals surface area contributed by atoms with Crippen LogP contribution in [0.3, 0.4) is 0 Å². The lowest BCUT2D eigenvalue weighted by Crippen LogP contribution is -2.33. The summed E-state index contributed by atoms with van der Waals surface area (Å²) in [6, 6.07) is 8.31. The van der Waals surface area contributed by atoms with Crippen LogP contribution in [0.15, 0.2) is 35.2 Å². The van der Waals surface area contributed by atoms with Crippen LogP contribution in [0.5, 0.6) is 5.75 Å². The summed E-state index contributed by atoms with van der Waals surface area (Å²) in [5.74, 6) is -0.553. The second-order valence-electron chi connectivity index (χ2n) is 7.89. The molecule has 2 aromatic carbocycles. The van der Waals surface area contributed by atoms with Gasteiger partial charge in [-0.1, -0.05) is 18.3 Å². The molecule has 7 nitrogen and oxygen atoms in total. The SMILES string of the molecule is CCc1c(C(=O)N2CCOc3ccc(-c4sc(N)nc4C)cc3C2)ccc(S(C)(=O)=O)c1F. The zero-order valence-electron chi connectivity index (χ0n) is 18.5. The second kappa shape index (κ2) is 8.75. The highest BCUT2D eigenvalue weighted by atomic mass is 32.2. The molecule has 33 heavy (non-hydrogen) atoms. The molecule has 3 aromatic rings. The number of aromatic nitrogens is 1. The van der Waals surface area contributed by atoms with Gasteiger partial charge in [0.2, 0.25) is 0 Å². The van der Waals surface area contributed by atoms with E-state index in [1.807, 2.05) is 25.1 Å². The maximum atomic E-state index is 15.0. The minimum Gasteiger partial charge on any atom is -0.491 e. The van der Waals surface area contributed by atoms with Crippen LogP contribution in [0.25, 0.3) is 10.4 Å². The molecule has 0 saturated heterocycles. The molecule has 0 spiro atoms. The van der Waals surface area contributed by atoms with Gasteiger partial charge in [-0.05, 0) is 49.2 Å². The summed E-state index contributed by atoms with van der Waals surface area (Å²) < 4.78 is 44.6. The number of hydrogen-bond acceptors (Lipinski definition) is 7. The number of sulfone groups is 1. The third-order valence-electron chi connectivity index (χ3n) is 5.59. The molecule has 1 aliphatic heterocycles. The smallest absolute Gasteiger partial charge is 0.254 e. The first-order chi connectivity index (χ1) is 15.6. The Bertz CT molecular complexity index is 1350. The number of nitrogens with two attached hydrogens (primary N) is 1. The van der Waals surface area contributed by atoms with Gasteiger partial charge in [-0.2, -0.15) is 0 Å². The summed E-state index contributed by atoms with van der Waals surface area (Å²) in [5.41, 5.74) is 8.67. The molecule has 10 heteroatoms. The molecular weight excluding hydrogens is 465 g/mol. The Hall–Kier alpha value is -2.98. The number of halogens is 1. The lowest BCUT2D eigenvalue weighted by atomic mass is 10.0. The normalized spacial score (nSPS) is 13.9. The van der Waals surface area contributed by atoms with Crippen molar-refractivity contribution < 1.29 is 22.3 Å². The summed E-state index contributed by atoms with van der Waals surface area (Å²) in [4.78, 5) is 19.8. The van der Waals surface area contributed by atoms with Gasteiger partial charge in [0.05, 0.1) is 17.1 Å². The topological polar surface area (TPSA) is 103 Å². The van der Waals surface area contributed by atoms with Crippen LogP contribution in [0, 0.1) is 12.7 Å². The first-order valence-electron chi connectivity index (χ1n) is 10.4. The molecule has 4 rings (SSSR count). The highest BCUT2D eigenvalue weighted by molar-refractivity contribution is 7.90. The number of aryl methyl sites for hydroxylation is 1. The van der Waals surface area contributed by atoms with Crippen molar-refractivity contribution in [3.05, 3.63) is 58.5 Å². The lowest BCUT2D eigenvalue weighted by molar-refractivity contribution is 0.0731. The summed E-state index contributed by atoms with van der Waals surface area (Å²) in [5, 5.41) is 0.483. The van der Waals surface area contributed by atoms with Gasteiger partial charge in [-0.3, -0.25) is 4.79 Å². The Morgan fingerprint density at radius 1 is 1.30 bits per heavy atom. The molecule has 0 bridgehead atoms. The number of hydrogen-bond donors (Lipinski definition) is 1. The van der Waals surface area contributed by atoms with Gasteiger partial charge in [0.15, 0.2) is 15.0 Å². The number of thiazole rings is 1. The minimum absolute atomic E-state index is 0.0952. The number of nitrogen functional groups attached to an aromatic ring is 1. The average Bonchev–Trinajstić information content (AvgIpc) is 2.96. The maximum Gasteiger partial charge on any atom is 0.254 e. The fourth-order valence-electron chi connectivity index (χ4n) is 4.00. The third kappa shape index (κ3) is 4.45. The van der Waals surface area contributed by atoms with Crippen LogP contribution in [0.1, 0.15) is 34.1 Å². The molecule has 1 aromatic heterocycles. The van der Waals surface area contributed by atoms with Crippen molar-refractivity contribution >= 4 is 32.2 Å². The Kier molecular flexibility index (Phi) is 6.15. The lowest BCUT2D eigenvalue weighted by Gasteiger charge is -2.22. The zero-order chi connectivity index (χ0) is 23.9. The van der Waals surface area contributed by atoms with Crippen molar-refractivity contribution in [2.75, 3.05) is 25.1 Å². The van der Waals surface area contributed by atoms with E-state index in [1.165, 1.54) is 17.4 Å². The van der Waals surface area contributed by atoms with Crippen molar-refractivity contribution in [2.45, 2.75) is 31.7 Å². The van der Waals surface area contributed by atoms with E-state index in [0.717, 1.165) is 34.0 Å². The van der Waals surface area contributed by atoms with Crippen molar-refractivity contribution in [3.63, 3.8) is 0 Å². The molecule has 174 valence electrons. The van der Waals surface area contributed by atoms with Crippen molar-refractivity contribution in [3.8, 4) is 16.2 Å². The van der Waals surface area contributed by atoms with E-state index in [2.05, 4.69) is 4.98 Å². The van der Waals surface area contributed by atoms with E-state index in [9.17, 15) is 17.6 Å². The summed E-state index contributed by atoms with van der Waals surface area (Å²) in [6.45, 7) is 4.45. The number of rotatable bonds is 4. The number of carbonyl (C=O) groups excluding carboxylic acids is 1. The van der Waals surface area contributed by atoms with Gasteiger partial charge in [0.25, 0.3) is 5.91 Å². The molecule has 0 atom stereocenters. The van der Waals surface area contributed by atoms with Crippen LogP contribution in [0.4, 0.5) is 9.52 Å². The number of ether oxygens (including phenoxy) is 1. The standard InChI is InChI=1S/C23H24FN3O4S2/c1-4-16-17(6-8-19(20(16)24)33(3,29)30)22(28)27-9-10-31-18-7-5-14(11-15(18)12-27)21-13(2)26-23(25)32-21/h5-8,11H,4,9-10,12H2,1-3H3,(H2,25,26). The second-order valence-corrected chi connectivity index (χ2v) is 10.9. The predicted octanol–water partition coefficient (Wildman–Crippen LogP) is 3.84. The number of fused-ring (bicyclic) bond motifs is 1. The summed E-state index contributed by atoms with van der Waals surface area (Å²) in [7, 11) is -3.75. The molecule has 1 aliphatic rings. The van der Waals surface area contributed by atoms with Crippen LogP contribution in [-0.4, -0.2) is 43.6 Å². The predicted molar refractivity (Wildman–Crippen MR) is 126 cm³/mol. The highest BCUT2D eigenvalue weighted by Crippen LogP contribution is 2.35. The van der Waals surface area contributed by atoms with E-state index in [4.69, 9.17) is 10.5 Å². The molecule has 0 aliphatic carbocycles. The van der Waals surface area contributed by atoms with E-state index in [0.29, 0.717) is 17.4 Å². The zero-order valence-corrected chi connectivity index (χ0v) is 20.1. The number of nitrogens with zero attached hydrogens (tertiary/aromatic N) is 2. The van der Waals surface area contributed by atoms with E-state index in [1.54, 1.807) is 11.8 Å². The van der Waals surface area contributed by atoms with E-state index in [-0.39, 0.29) is 36.6 Å². The molecular formula is C23H24FN3O4S2. The van der Waals surface area contributed by atoms with E-state index < -0.39 is 20.5 Å². The molecule has 0 unspecified atom stereocenters. The van der Waals surface area contributed by atoms with Crippen LogP contribution < -0.4 is 10.5 Å². The highest BCUT2D eigenvalue weighted by Gasteiger charge is 2.27. The van der Waals surface area contributed by atoms with Crippen LogP contribution in [-0.2, 0) is 22.8 Å². The fourth-order valence-corrected chi connectivity index (χ4v) is 5.59. The van der Waals surface area contributed by atoms with Crippen molar-refractivity contribution in [2.24, 2.45) is 0 Å². The van der Waals surface area contributed by atoms with Gasteiger partial charge >= 0.3 is 0 Å². The maximum absolute atomic E-state index is 15.0. The van der Waals surface area contributed by atoms with Gasteiger partial charge in [-0.25, -0.2) is 17.8 Å². The first-order valence-corrected chi connectivity index (χ1v) is 13.1. The molecule has 0 saturated carbocycles. The number of anilines is 1. The molecule has 2 N–H and O–H groups in total. The minimum atomic E-state index is -3.75. The van der Waals surface area contributed by atoms with Gasteiger partial charge in [0.1, 0.15) is 23.1 Å². The Labute approximate surface area is 195 Å². The fraction of sp³-hybridized carbons (Fsp3) is 0.304. The Balaban J connectivity index is 1.70. The average molecular weight is 490 g/mol. The van der Waals surface area contributed by atoms with Gasteiger partial charge in [-0.15, -0.1) is 0 Å². The van der Waals surface area contributed by atoms with Crippen LogP contribution in [0.2, 0.25) is 0 Å². The van der Waals surface area contributed by atoms with Gasteiger partial charge in [0, 0.05) is 29.5 Å².